The van der Waals surface area contributed by atoms with E-state index in [0.717, 1.165) is 43.2 Å². The minimum atomic E-state index is -0.109. The fourth-order valence-electron chi connectivity index (χ4n) is 4.31. The molecule has 7 nitrogen and oxygen atoms in total. The number of methoxy groups -OCH3 is 1. The number of likely N-dealkylation sites (tertiary alicyclic amines) is 1. The smallest absolute Gasteiger partial charge is 0.274 e. The van der Waals surface area contributed by atoms with Crippen molar-refractivity contribution in [3.8, 4) is 5.75 Å². The summed E-state index contributed by atoms with van der Waals surface area (Å²) in [7, 11) is 1.78. The van der Waals surface area contributed by atoms with Crippen LogP contribution in [0.5, 0.6) is 5.75 Å². The van der Waals surface area contributed by atoms with Crippen LogP contribution in [0.15, 0.2) is 30.6 Å². The maximum absolute atomic E-state index is 12.9. The van der Waals surface area contributed by atoms with Gasteiger partial charge in [-0.2, -0.15) is 0 Å². The molecule has 0 aliphatic carbocycles. The first-order chi connectivity index (χ1) is 14.6. The fraction of sp³-hybridized carbons (Fsp3) is 0.522. The first kappa shape index (κ1) is 20.8. The molecule has 0 spiro atoms. The average Bonchev–Trinajstić information content (AvgIpc) is 2.96. The van der Waals surface area contributed by atoms with Gasteiger partial charge < -0.3 is 14.4 Å². The summed E-state index contributed by atoms with van der Waals surface area (Å²) >= 11 is 0. The highest BCUT2D eigenvalue weighted by atomic mass is 16.5. The number of ether oxygens (including phenoxy) is 2. The van der Waals surface area contributed by atoms with E-state index in [1.165, 1.54) is 18.4 Å². The van der Waals surface area contributed by atoms with Gasteiger partial charge in [-0.15, -0.1) is 0 Å². The average molecular weight is 411 g/mol. The highest BCUT2D eigenvalue weighted by molar-refractivity contribution is 5.92. The molecule has 1 amide bonds. The topological polar surface area (TPSA) is 67.8 Å². The summed E-state index contributed by atoms with van der Waals surface area (Å²) in [5.74, 6) is 1.36. The normalized spacial score (nSPS) is 19.7. The van der Waals surface area contributed by atoms with E-state index in [9.17, 15) is 4.79 Å². The van der Waals surface area contributed by atoms with Gasteiger partial charge in [0.25, 0.3) is 5.91 Å². The first-order valence-electron chi connectivity index (χ1n) is 10.7. The molecule has 160 valence electrons. The van der Waals surface area contributed by atoms with Crippen LogP contribution in [-0.2, 0) is 17.8 Å². The molecule has 1 fully saturated rings. The number of rotatable bonds is 5. The summed E-state index contributed by atoms with van der Waals surface area (Å²) < 4.78 is 11.3. The highest BCUT2D eigenvalue weighted by Crippen LogP contribution is 2.27. The largest absolute Gasteiger partial charge is 0.491 e. The van der Waals surface area contributed by atoms with Gasteiger partial charge in [0, 0.05) is 38.5 Å². The number of hydrogen-bond acceptors (Lipinski definition) is 6. The standard InChI is InChI=1S/C23H30N4O3/c1-17-11-25-21(12-24-17)23(28)27-8-9-30-22-6-5-18(10-20(22)15-27)13-26-7-3-4-19(14-26)16-29-2/h5-6,10-12,19H,3-4,7-9,13-16H2,1-2H3. The summed E-state index contributed by atoms with van der Waals surface area (Å²) in [6, 6.07) is 6.37. The minimum absolute atomic E-state index is 0.109. The summed E-state index contributed by atoms with van der Waals surface area (Å²) in [6.07, 6.45) is 5.62. The second-order valence-corrected chi connectivity index (χ2v) is 8.26. The van der Waals surface area contributed by atoms with Crippen LogP contribution in [0.4, 0.5) is 0 Å². The Morgan fingerprint density at radius 1 is 1.27 bits per heavy atom. The van der Waals surface area contributed by atoms with Crippen LogP contribution in [0.3, 0.4) is 0 Å². The van der Waals surface area contributed by atoms with Crippen molar-refractivity contribution < 1.29 is 14.3 Å². The lowest BCUT2D eigenvalue weighted by Gasteiger charge is -2.32. The molecule has 7 heteroatoms. The van der Waals surface area contributed by atoms with Crippen LogP contribution >= 0.6 is 0 Å². The first-order valence-corrected chi connectivity index (χ1v) is 10.7. The van der Waals surface area contributed by atoms with Gasteiger partial charge in [0.2, 0.25) is 0 Å². The van der Waals surface area contributed by atoms with Gasteiger partial charge in [0.15, 0.2) is 0 Å². The van der Waals surface area contributed by atoms with Gasteiger partial charge in [-0.1, -0.05) is 6.07 Å². The van der Waals surface area contributed by atoms with E-state index in [1.807, 2.05) is 13.0 Å². The van der Waals surface area contributed by atoms with Gasteiger partial charge in [-0.25, -0.2) is 4.98 Å². The van der Waals surface area contributed by atoms with Crippen LogP contribution in [-0.4, -0.2) is 65.6 Å². The Balaban J connectivity index is 1.46. The number of carbonyl (C=O) groups is 1. The zero-order valence-electron chi connectivity index (χ0n) is 17.8. The number of aromatic nitrogens is 2. The maximum atomic E-state index is 12.9. The van der Waals surface area contributed by atoms with Crippen LogP contribution in [0.1, 0.15) is 40.2 Å². The molecule has 0 saturated carbocycles. The minimum Gasteiger partial charge on any atom is -0.491 e. The monoisotopic (exact) mass is 410 g/mol. The summed E-state index contributed by atoms with van der Waals surface area (Å²) in [4.78, 5) is 25.7. The second kappa shape index (κ2) is 9.53. The predicted molar refractivity (Wildman–Crippen MR) is 113 cm³/mol. The summed E-state index contributed by atoms with van der Waals surface area (Å²) in [5, 5.41) is 0. The maximum Gasteiger partial charge on any atom is 0.274 e. The van der Waals surface area contributed by atoms with Crippen molar-refractivity contribution in [3.63, 3.8) is 0 Å². The molecule has 2 aliphatic rings. The van der Waals surface area contributed by atoms with Gasteiger partial charge in [0.05, 0.1) is 25.0 Å². The number of fused-ring (bicyclic) bond motifs is 1. The Bertz CT molecular complexity index is 869. The zero-order chi connectivity index (χ0) is 20.9. The number of nitrogens with zero attached hydrogens (tertiary/aromatic N) is 4. The summed E-state index contributed by atoms with van der Waals surface area (Å²) in [5.41, 5.74) is 3.47. The van der Waals surface area contributed by atoms with Crippen LogP contribution in [0, 0.1) is 12.8 Å². The lowest BCUT2D eigenvalue weighted by molar-refractivity contribution is 0.0726. The van der Waals surface area contributed by atoms with Gasteiger partial charge >= 0.3 is 0 Å². The van der Waals surface area contributed by atoms with E-state index in [-0.39, 0.29) is 5.91 Å². The number of piperidine rings is 1. The molecule has 0 bridgehead atoms. The van der Waals surface area contributed by atoms with E-state index < -0.39 is 0 Å². The fourth-order valence-corrected chi connectivity index (χ4v) is 4.31. The van der Waals surface area contributed by atoms with Gasteiger partial charge in [-0.3, -0.25) is 14.7 Å². The molecule has 1 atom stereocenters. The third-order valence-electron chi connectivity index (χ3n) is 5.80. The predicted octanol–water partition coefficient (Wildman–Crippen LogP) is 2.68. The molecule has 1 aromatic heterocycles. The molecular formula is C23H30N4O3. The molecule has 4 rings (SSSR count). The van der Waals surface area contributed by atoms with Crippen molar-refractivity contribution in [2.75, 3.05) is 40.0 Å². The Kier molecular flexibility index (Phi) is 6.59. The summed E-state index contributed by atoms with van der Waals surface area (Å²) in [6.45, 7) is 7.30. The third kappa shape index (κ3) is 4.96. The van der Waals surface area contributed by atoms with Crippen LogP contribution in [0.25, 0.3) is 0 Å². The van der Waals surface area contributed by atoms with Crippen molar-refractivity contribution in [2.45, 2.75) is 32.9 Å². The lowest BCUT2D eigenvalue weighted by atomic mass is 9.98. The molecule has 30 heavy (non-hydrogen) atoms. The van der Waals surface area contributed by atoms with Gasteiger partial charge in [-0.05, 0) is 49.9 Å². The molecule has 1 saturated heterocycles. The van der Waals surface area contributed by atoms with Crippen molar-refractivity contribution >= 4 is 5.91 Å². The molecule has 1 unspecified atom stereocenters. The van der Waals surface area contributed by atoms with Crippen molar-refractivity contribution in [1.82, 2.24) is 19.8 Å². The van der Waals surface area contributed by atoms with Crippen LogP contribution < -0.4 is 4.74 Å². The van der Waals surface area contributed by atoms with Crippen LogP contribution in [0.2, 0.25) is 0 Å². The quantitative estimate of drug-likeness (QED) is 0.755. The Morgan fingerprint density at radius 2 is 2.17 bits per heavy atom. The number of amides is 1. The highest BCUT2D eigenvalue weighted by Gasteiger charge is 2.24. The SMILES string of the molecule is COCC1CCCN(Cc2ccc3c(c2)CN(C(=O)c2cnc(C)cn2)CCO3)C1. The molecular weight excluding hydrogens is 380 g/mol. The molecule has 2 aliphatic heterocycles. The molecule has 3 heterocycles. The zero-order valence-corrected chi connectivity index (χ0v) is 17.8. The molecule has 2 aromatic rings. The Hall–Kier alpha value is -2.51. The van der Waals surface area contributed by atoms with E-state index in [2.05, 4.69) is 27.0 Å². The molecule has 0 N–H and O–H groups in total. The van der Waals surface area contributed by atoms with E-state index >= 15 is 0 Å². The van der Waals surface area contributed by atoms with E-state index in [0.29, 0.717) is 31.3 Å². The van der Waals surface area contributed by atoms with Crippen molar-refractivity contribution in [2.24, 2.45) is 5.92 Å². The Morgan fingerprint density at radius 3 is 2.97 bits per heavy atom. The number of hydrogen-bond donors (Lipinski definition) is 0. The second-order valence-electron chi connectivity index (χ2n) is 8.26. The number of benzene rings is 1. The number of carbonyl (C=O) groups excluding carboxylic acids is 1. The number of aryl methyl sites for hydroxylation is 1. The van der Waals surface area contributed by atoms with Crippen molar-refractivity contribution in [3.05, 3.63) is 53.1 Å². The molecule has 0 radical (unpaired) electrons. The van der Waals surface area contributed by atoms with E-state index in [4.69, 9.17) is 9.47 Å². The van der Waals surface area contributed by atoms with Crippen molar-refractivity contribution in [1.29, 1.82) is 0 Å². The van der Waals surface area contributed by atoms with E-state index in [1.54, 1.807) is 24.4 Å². The Labute approximate surface area is 178 Å². The lowest BCUT2D eigenvalue weighted by Crippen LogP contribution is -2.36. The third-order valence-corrected chi connectivity index (χ3v) is 5.80. The van der Waals surface area contributed by atoms with Gasteiger partial charge in [0.1, 0.15) is 18.1 Å². The molecule has 1 aromatic carbocycles.